The van der Waals surface area contributed by atoms with Crippen LogP contribution >= 0.6 is 0 Å². The van der Waals surface area contributed by atoms with Crippen molar-refractivity contribution < 1.29 is 19.4 Å². The normalized spacial score (nSPS) is 12.3. The summed E-state index contributed by atoms with van der Waals surface area (Å²) in [6.07, 6.45) is -0.599. The van der Waals surface area contributed by atoms with Crippen molar-refractivity contribution in [1.82, 2.24) is 5.32 Å². The van der Waals surface area contributed by atoms with Crippen LogP contribution in [0.15, 0.2) is 0 Å². The highest BCUT2D eigenvalue weighted by Crippen LogP contribution is 1.94. The number of hydrogen-bond acceptors (Lipinski definition) is 3. The molecule has 76 valence electrons. The van der Waals surface area contributed by atoms with Crippen molar-refractivity contribution in [3.8, 4) is 0 Å². The third kappa shape index (κ3) is 5.05. The molecule has 0 heterocycles. The van der Waals surface area contributed by atoms with E-state index in [0.717, 1.165) is 0 Å². The number of carboxylic acid groups (broad SMARTS) is 1. The van der Waals surface area contributed by atoms with Gasteiger partial charge in [0.15, 0.2) is 0 Å². The van der Waals surface area contributed by atoms with Gasteiger partial charge >= 0.3 is 12.1 Å². The Hall–Kier alpha value is -1.26. The van der Waals surface area contributed by atoms with Gasteiger partial charge in [-0.25, -0.2) is 9.59 Å². The van der Waals surface area contributed by atoms with E-state index in [1.54, 1.807) is 20.8 Å². The molecule has 13 heavy (non-hydrogen) atoms. The van der Waals surface area contributed by atoms with Gasteiger partial charge in [-0.15, -0.1) is 0 Å². The monoisotopic (exact) mass is 189 g/mol. The van der Waals surface area contributed by atoms with Crippen molar-refractivity contribution in [2.75, 3.05) is 0 Å². The zero-order valence-electron chi connectivity index (χ0n) is 8.03. The van der Waals surface area contributed by atoms with Crippen LogP contribution in [0.3, 0.4) is 0 Å². The van der Waals surface area contributed by atoms with E-state index >= 15 is 0 Å². The van der Waals surface area contributed by atoms with Crippen molar-refractivity contribution in [2.45, 2.75) is 39.3 Å². The minimum atomic E-state index is -1.05. The molecule has 0 saturated heterocycles. The van der Waals surface area contributed by atoms with Gasteiger partial charge in [0.2, 0.25) is 0 Å². The molecular weight excluding hydrogens is 174 g/mol. The first kappa shape index (κ1) is 11.7. The molecule has 0 aliphatic rings. The number of ether oxygens (including phenoxy) is 1. The SMILES string of the molecule is CC[C@H](NC(=O)OC(C)C)C(=O)O. The molecule has 0 spiro atoms. The number of hydrogen-bond donors (Lipinski definition) is 2. The van der Waals surface area contributed by atoms with Gasteiger partial charge in [-0.05, 0) is 20.3 Å². The second-order valence-corrected chi connectivity index (χ2v) is 2.90. The fourth-order valence-electron chi connectivity index (χ4n) is 0.729. The zero-order chi connectivity index (χ0) is 10.4. The molecule has 1 amide bonds. The maximum atomic E-state index is 10.9. The second kappa shape index (κ2) is 5.40. The largest absolute Gasteiger partial charge is 0.480 e. The lowest BCUT2D eigenvalue weighted by Crippen LogP contribution is -2.41. The van der Waals surface area contributed by atoms with Crippen LogP contribution < -0.4 is 5.32 Å². The Morgan fingerprint density at radius 3 is 2.31 bits per heavy atom. The summed E-state index contributed by atoms with van der Waals surface area (Å²) in [5.41, 5.74) is 0. The van der Waals surface area contributed by atoms with Gasteiger partial charge in [0.05, 0.1) is 6.10 Å². The van der Waals surface area contributed by atoms with E-state index in [0.29, 0.717) is 6.42 Å². The van der Waals surface area contributed by atoms with Crippen LogP contribution in [-0.4, -0.2) is 29.3 Å². The number of carbonyl (C=O) groups excluding carboxylic acids is 1. The maximum Gasteiger partial charge on any atom is 0.408 e. The van der Waals surface area contributed by atoms with Crippen molar-refractivity contribution in [2.24, 2.45) is 0 Å². The van der Waals surface area contributed by atoms with Gasteiger partial charge in [-0.1, -0.05) is 6.92 Å². The number of aliphatic carboxylic acids is 1. The minimum absolute atomic E-state index is 0.244. The average molecular weight is 189 g/mol. The topological polar surface area (TPSA) is 75.6 Å². The Morgan fingerprint density at radius 2 is 2.00 bits per heavy atom. The fraction of sp³-hybridized carbons (Fsp3) is 0.750. The number of rotatable bonds is 4. The summed E-state index contributed by atoms with van der Waals surface area (Å²) >= 11 is 0. The van der Waals surface area contributed by atoms with E-state index in [9.17, 15) is 9.59 Å². The molecular formula is C8H15NO4. The van der Waals surface area contributed by atoms with Gasteiger partial charge in [0.1, 0.15) is 6.04 Å². The Labute approximate surface area is 77.1 Å². The van der Waals surface area contributed by atoms with Crippen molar-refractivity contribution in [3.63, 3.8) is 0 Å². The first-order valence-corrected chi connectivity index (χ1v) is 4.17. The molecule has 5 heteroatoms. The standard InChI is InChI=1S/C8H15NO4/c1-4-6(7(10)11)9-8(12)13-5(2)3/h5-6H,4H2,1-3H3,(H,9,12)(H,10,11)/t6-/m0/s1. The Morgan fingerprint density at radius 1 is 1.46 bits per heavy atom. The van der Waals surface area contributed by atoms with Gasteiger partial charge in [0.25, 0.3) is 0 Å². The van der Waals surface area contributed by atoms with Crippen LogP contribution in [0.5, 0.6) is 0 Å². The number of amides is 1. The molecule has 5 nitrogen and oxygen atoms in total. The van der Waals surface area contributed by atoms with Gasteiger partial charge in [0, 0.05) is 0 Å². The maximum absolute atomic E-state index is 10.9. The van der Waals surface area contributed by atoms with Crippen LogP contribution in [-0.2, 0) is 9.53 Å². The average Bonchev–Trinajstić information content (AvgIpc) is 1.98. The highest BCUT2D eigenvalue weighted by atomic mass is 16.6. The van der Waals surface area contributed by atoms with E-state index in [1.807, 2.05) is 0 Å². The molecule has 1 atom stereocenters. The van der Waals surface area contributed by atoms with E-state index in [4.69, 9.17) is 9.84 Å². The van der Waals surface area contributed by atoms with Crippen LogP contribution in [0.2, 0.25) is 0 Å². The number of carbonyl (C=O) groups is 2. The molecule has 0 aromatic heterocycles. The summed E-state index contributed by atoms with van der Waals surface area (Å²) < 4.78 is 4.72. The number of carboxylic acids is 1. The summed E-state index contributed by atoms with van der Waals surface area (Å²) in [6.45, 7) is 5.07. The molecule has 0 aromatic rings. The molecule has 0 saturated carbocycles. The lowest BCUT2D eigenvalue weighted by Gasteiger charge is -2.13. The van der Waals surface area contributed by atoms with Gasteiger partial charge in [-0.3, -0.25) is 0 Å². The summed E-state index contributed by atoms with van der Waals surface area (Å²) in [6, 6.07) is -0.869. The Bertz CT molecular complexity index is 191. The molecule has 0 aliphatic carbocycles. The molecule has 2 N–H and O–H groups in total. The van der Waals surface area contributed by atoms with Gasteiger partial charge < -0.3 is 15.2 Å². The lowest BCUT2D eigenvalue weighted by atomic mass is 10.2. The second-order valence-electron chi connectivity index (χ2n) is 2.90. The van der Waals surface area contributed by atoms with Crippen molar-refractivity contribution in [3.05, 3.63) is 0 Å². The fourth-order valence-corrected chi connectivity index (χ4v) is 0.729. The van der Waals surface area contributed by atoms with Crippen LogP contribution in [0.25, 0.3) is 0 Å². The minimum Gasteiger partial charge on any atom is -0.480 e. The third-order valence-corrected chi connectivity index (χ3v) is 1.34. The van der Waals surface area contributed by atoms with Crippen LogP contribution in [0.4, 0.5) is 4.79 Å². The number of nitrogens with one attached hydrogen (secondary N) is 1. The van der Waals surface area contributed by atoms with E-state index < -0.39 is 18.1 Å². The first-order valence-electron chi connectivity index (χ1n) is 4.17. The summed E-state index contributed by atoms with van der Waals surface area (Å²) in [7, 11) is 0. The Balaban J connectivity index is 3.94. The molecule has 0 rings (SSSR count). The van der Waals surface area contributed by atoms with Crippen LogP contribution in [0.1, 0.15) is 27.2 Å². The smallest absolute Gasteiger partial charge is 0.408 e. The molecule has 0 bridgehead atoms. The van der Waals surface area contributed by atoms with Crippen molar-refractivity contribution >= 4 is 12.1 Å². The summed E-state index contributed by atoms with van der Waals surface area (Å²) in [4.78, 5) is 21.4. The van der Waals surface area contributed by atoms with E-state index in [2.05, 4.69) is 5.32 Å². The molecule has 0 radical (unpaired) electrons. The number of alkyl carbamates (subject to hydrolysis) is 1. The molecule has 0 unspecified atom stereocenters. The van der Waals surface area contributed by atoms with Crippen molar-refractivity contribution in [1.29, 1.82) is 0 Å². The quantitative estimate of drug-likeness (QED) is 0.691. The third-order valence-electron chi connectivity index (χ3n) is 1.34. The lowest BCUT2D eigenvalue weighted by molar-refractivity contribution is -0.139. The molecule has 0 aliphatic heterocycles. The first-order chi connectivity index (χ1) is 5.97. The highest BCUT2D eigenvalue weighted by Gasteiger charge is 2.18. The predicted molar refractivity (Wildman–Crippen MR) is 46.5 cm³/mol. The Kier molecular flexibility index (Phi) is 4.87. The summed E-state index contributed by atoms with van der Waals surface area (Å²) in [5, 5.41) is 10.8. The predicted octanol–water partition coefficient (Wildman–Crippen LogP) is 0.984. The zero-order valence-corrected chi connectivity index (χ0v) is 8.03. The summed E-state index contributed by atoms with van der Waals surface area (Å²) in [5.74, 6) is -1.05. The van der Waals surface area contributed by atoms with Gasteiger partial charge in [-0.2, -0.15) is 0 Å². The van der Waals surface area contributed by atoms with E-state index in [-0.39, 0.29) is 6.10 Å². The van der Waals surface area contributed by atoms with Crippen LogP contribution in [0, 0.1) is 0 Å². The molecule has 0 aromatic carbocycles. The van der Waals surface area contributed by atoms with E-state index in [1.165, 1.54) is 0 Å². The molecule has 0 fully saturated rings. The highest BCUT2D eigenvalue weighted by molar-refractivity contribution is 5.79.